The molecule has 1 aromatic rings. The zero-order chi connectivity index (χ0) is 12.7. The van der Waals surface area contributed by atoms with E-state index in [0.717, 1.165) is 6.42 Å². The van der Waals surface area contributed by atoms with Crippen molar-refractivity contribution in [1.82, 2.24) is 9.97 Å². The minimum absolute atomic E-state index is 0.246. The van der Waals surface area contributed by atoms with Crippen molar-refractivity contribution in [2.75, 3.05) is 0 Å². The summed E-state index contributed by atoms with van der Waals surface area (Å²) in [6.07, 6.45) is 10.6. The Labute approximate surface area is 101 Å². The Kier molecular flexibility index (Phi) is 5.07. The number of hydrogen-bond donors (Lipinski definition) is 1. The fourth-order valence-electron chi connectivity index (χ4n) is 1.46. The van der Waals surface area contributed by atoms with Gasteiger partial charge >= 0.3 is 0 Å². The summed E-state index contributed by atoms with van der Waals surface area (Å²) in [5, 5.41) is 0. The number of amides is 1. The third-order valence-electron chi connectivity index (χ3n) is 2.43. The largest absolute Gasteiger partial charge is 0.364 e. The van der Waals surface area contributed by atoms with Gasteiger partial charge in [0.15, 0.2) is 0 Å². The zero-order valence-corrected chi connectivity index (χ0v) is 10.2. The Balaban J connectivity index is 2.79. The van der Waals surface area contributed by atoms with Crippen molar-refractivity contribution in [1.29, 1.82) is 0 Å². The van der Waals surface area contributed by atoms with Crippen LogP contribution in [0.1, 0.15) is 36.5 Å². The van der Waals surface area contributed by atoms with Gasteiger partial charge in [0.05, 0.1) is 5.69 Å². The van der Waals surface area contributed by atoms with Gasteiger partial charge in [-0.3, -0.25) is 9.78 Å². The van der Waals surface area contributed by atoms with E-state index >= 15 is 0 Å². The first-order valence-corrected chi connectivity index (χ1v) is 5.60. The molecule has 1 amide bonds. The second kappa shape index (κ2) is 6.58. The van der Waals surface area contributed by atoms with Crippen LogP contribution in [0.2, 0.25) is 0 Å². The molecule has 0 aromatic carbocycles. The highest BCUT2D eigenvalue weighted by Crippen LogP contribution is 2.06. The molecule has 0 radical (unpaired) electrons. The highest BCUT2D eigenvalue weighted by atomic mass is 16.1. The Morgan fingerprint density at radius 2 is 2.12 bits per heavy atom. The molecular weight excluding hydrogens is 214 g/mol. The van der Waals surface area contributed by atoms with Gasteiger partial charge in [-0.2, -0.15) is 0 Å². The maximum absolute atomic E-state index is 11.1. The topological polar surface area (TPSA) is 68.9 Å². The van der Waals surface area contributed by atoms with Crippen LogP contribution >= 0.6 is 0 Å². The van der Waals surface area contributed by atoms with E-state index < -0.39 is 5.91 Å². The van der Waals surface area contributed by atoms with Crippen LogP contribution in [-0.2, 0) is 6.42 Å². The van der Waals surface area contributed by atoms with E-state index in [1.807, 2.05) is 19.1 Å². The number of nitrogens with two attached hydrogens (primary N) is 1. The molecule has 1 heterocycles. The van der Waals surface area contributed by atoms with E-state index in [9.17, 15) is 4.79 Å². The Morgan fingerprint density at radius 3 is 2.71 bits per heavy atom. The predicted molar refractivity (Wildman–Crippen MR) is 67.4 cm³/mol. The molecule has 90 valence electrons. The number of hydrogen-bond acceptors (Lipinski definition) is 3. The van der Waals surface area contributed by atoms with Crippen molar-refractivity contribution in [3.8, 4) is 0 Å². The molecule has 1 aromatic heterocycles. The normalized spacial score (nSPS) is 12.0. The lowest BCUT2D eigenvalue weighted by Crippen LogP contribution is -2.16. The van der Waals surface area contributed by atoms with Crippen molar-refractivity contribution in [3.63, 3.8) is 0 Å². The summed E-state index contributed by atoms with van der Waals surface area (Å²) in [6, 6.07) is 0. The zero-order valence-electron chi connectivity index (χ0n) is 10.2. The number of carbonyl (C=O) groups is 1. The lowest BCUT2D eigenvalue weighted by Gasteiger charge is -2.01. The first kappa shape index (κ1) is 13.1. The average Bonchev–Trinajstić information content (AvgIpc) is 2.35. The van der Waals surface area contributed by atoms with Gasteiger partial charge in [-0.15, -0.1) is 0 Å². The predicted octanol–water partition coefficient (Wildman–Crippen LogP) is 2.03. The molecular formula is C13H17N3O. The highest BCUT2D eigenvalue weighted by Gasteiger charge is 2.08. The molecule has 0 aliphatic rings. The summed E-state index contributed by atoms with van der Waals surface area (Å²) in [6.45, 7) is 4.09. The fraction of sp³-hybridized carbons (Fsp3) is 0.308. The number of allylic oxidation sites excluding steroid dienone is 4. The lowest BCUT2D eigenvalue weighted by atomic mass is 10.1. The lowest BCUT2D eigenvalue weighted by molar-refractivity contribution is 0.0994. The van der Waals surface area contributed by atoms with Crippen LogP contribution in [0.4, 0.5) is 0 Å². The van der Waals surface area contributed by atoms with E-state index in [-0.39, 0.29) is 5.69 Å². The highest BCUT2D eigenvalue weighted by molar-refractivity contribution is 5.91. The first-order valence-electron chi connectivity index (χ1n) is 5.60. The van der Waals surface area contributed by atoms with Gasteiger partial charge < -0.3 is 5.73 Å². The maximum atomic E-state index is 11.1. The minimum atomic E-state index is -0.539. The molecule has 4 nitrogen and oxygen atoms in total. The summed E-state index contributed by atoms with van der Waals surface area (Å²) in [5.74, 6) is -0.539. The van der Waals surface area contributed by atoms with Crippen LogP contribution in [0.3, 0.4) is 0 Å². The van der Waals surface area contributed by atoms with E-state index in [4.69, 9.17) is 5.73 Å². The molecule has 0 atom stereocenters. The van der Waals surface area contributed by atoms with Crippen molar-refractivity contribution in [2.24, 2.45) is 5.73 Å². The van der Waals surface area contributed by atoms with Crippen LogP contribution in [0.25, 0.3) is 0 Å². The quantitative estimate of drug-likeness (QED) is 0.788. The summed E-state index contributed by atoms with van der Waals surface area (Å²) in [5.41, 5.74) is 7.33. The number of nitrogens with zero attached hydrogens (tertiary/aromatic N) is 2. The first-order chi connectivity index (χ1) is 8.19. The summed E-state index contributed by atoms with van der Waals surface area (Å²) in [7, 11) is 0. The van der Waals surface area contributed by atoms with Crippen LogP contribution in [0.5, 0.6) is 0 Å². The van der Waals surface area contributed by atoms with Gasteiger partial charge in [0.1, 0.15) is 5.69 Å². The van der Waals surface area contributed by atoms with Crippen LogP contribution in [-0.4, -0.2) is 15.9 Å². The smallest absolute Gasteiger partial charge is 0.269 e. The molecule has 0 saturated heterocycles. The van der Waals surface area contributed by atoms with Crippen molar-refractivity contribution >= 4 is 5.91 Å². The van der Waals surface area contributed by atoms with Crippen molar-refractivity contribution in [3.05, 3.63) is 47.6 Å². The molecule has 0 unspecified atom stereocenters. The Hall–Kier alpha value is -1.97. The van der Waals surface area contributed by atoms with Gasteiger partial charge in [0.2, 0.25) is 0 Å². The van der Waals surface area contributed by atoms with Gasteiger partial charge in [0, 0.05) is 18.8 Å². The maximum Gasteiger partial charge on any atom is 0.269 e. The number of primary amides is 1. The third-order valence-corrected chi connectivity index (χ3v) is 2.43. The average molecular weight is 231 g/mol. The van der Waals surface area contributed by atoms with E-state index in [2.05, 4.69) is 23.0 Å². The van der Waals surface area contributed by atoms with Crippen LogP contribution < -0.4 is 5.73 Å². The molecule has 4 heteroatoms. The third kappa shape index (κ3) is 3.83. The SMILES string of the molecule is C/C=C(/C=C/Cc1nccnc1C(N)=O)CC. The second-order valence-electron chi connectivity index (χ2n) is 3.54. The summed E-state index contributed by atoms with van der Waals surface area (Å²) < 4.78 is 0. The Bertz CT molecular complexity index is 450. The molecule has 0 aliphatic carbocycles. The number of aromatic nitrogens is 2. The Morgan fingerprint density at radius 1 is 1.41 bits per heavy atom. The molecule has 0 bridgehead atoms. The molecule has 2 N–H and O–H groups in total. The van der Waals surface area contributed by atoms with Gasteiger partial charge in [-0.1, -0.05) is 30.7 Å². The van der Waals surface area contributed by atoms with Crippen LogP contribution in [0.15, 0.2) is 36.2 Å². The number of carbonyl (C=O) groups excluding carboxylic acids is 1. The van der Waals surface area contributed by atoms with Crippen molar-refractivity contribution in [2.45, 2.75) is 26.7 Å². The molecule has 1 rings (SSSR count). The summed E-state index contributed by atoms with van der Waals surface area (Å²) >= 11 is 0. The molecule has 17 heavy (non-hydrogen) atoms. The monoisotopic (exact) mass is 231 g/mol. The van der Waals surface area contributed by atoms with Crippen molar-refractivity contribution < 1.29 is 4.79 Å². The molecule has 0 fully saturated rings. The van der Waals surface area contributed by atoms with E-state index in [1.165, 1.54) is 11.8 Å². The minimum Gasteiger partial charge on any atom is -0.364 e. The van der Waals surface area contributed by atoms with Gasteiger partial charge in [-0.25, -0.2) is 4.98 Å². The standard InChI is InChI=1S/C13H17N3O/c1-3-10(4-2)6-5-7-11-12(13(14)17)16-9-8-15-11/h3,5-6,8-9H,4,7H2,1-2H3,(H2,14,17)/b6-5+,10-3+. The summed E-state index contributed by atoms with van der Waals surface area (Å²) in [4.78, 5) is 19.2. The molecule has 0 spiro atoms. The van der Waals surface area contributed by atoms with E-state index in [1.54, 1.807) is 6.20 Å². The molecule has 0 aliphatic heterocycles. The van der Waals surface area contributed by atoms with E-state index in [0.29, 0.717) is 12.1 Å². The van der Waals surface area contributed by atoms with Crippen LogP contribution in [0, 0.1) is 0 Å². The van der Waals surface area contributed by atoms with Gasteiger partial charge in [-0.05, 0) is 13.3 Å². The molecule has 0 saturated carbocycles. The fourth-order valence-corrected chi connectivity index (χ4v) is 1.46. The number of rotatable bonds is 5. The van der Waals surface area contributed by atoms with Gasteiger partial charge in [0.25, 0.3) is 5.91 Å². The second-order valence-corrected chi connectivity index (χ2v) is 3.54.